The van der Waals surface area contributed by atoms with Crippen LogP contribution in [-0.4, -0.2) is 145 Å². The lowest BCUT2D eigenvalue weighted by Gasteiger charge is -2.25. The van der Waals surface area contributed by atoms with Crippen LogP contribution >= 0.6 is 23.2 Å². The molecule has 0 saturated carbocycles. The Labute approximate surface area is 636 Å². The molecule has 0 radical (unpaired) electrons. The van der Waals surface area contributed by atoms with E-state index in [-0.39, 0.29) is 90.6 Å². The van der Waals surface area contributed by atoms with Gasteiger partial charge in [-0.25, -0.2) is 8.78 Å². The van der Waals surface area contributed by atoms with Gasteiger partial charge in [-0.1, -0.05) is 126 Å². The van der Waals surface area contributed by atoms with Gasteiger partial charge in [-0.2, -0.15) is 13.2 Å². The molecule has 6 atom stereocenters. The number of alkyl halides is 3. The van der Waals surface area contributed by atoms with Crippen LogP contribution in [0.5, 0.6) is 0 Å². The lowest BCUT2D eigenvalue weighted by atomic mass is 10.1. The molecule has 12 rings (SSSR count). The highest BCUT2D eigenvalue weighted by molar-refractivity contribution is 6.42. The molecule has 18 nitrogen and oxygen atoms in total. The molecule has 0 spiro atoms. The van der Waals surface area contributed by atoms with Crippen molar-refractivity contribution < 1.29 is 50.7 Å². The van der Waals surface area contributed by atoms with E-state index in [0.717, 1.165) is 67.6 Å². The number of aryl methyl sites for hydroxylation is 1. The van der Waals surface area contributed by atoms with Crippen LogP contribution in [0.25, 0.3) is 32.3 Å². The molecule has 3 aliphatic heterocycles. The van der Waals surface area contributed by atoms with E-state index < -0.39 is 29.6 Å². The number of nitrogens with zero attached hydrogens (tertiary/aromatic N) is 3. The Kier molecular flexibility index (Phi) is 29.4. The Morgan fingerprint density at radius 3 is 1.14 bits per heavy atom. The number of carbonyl (C=O) groups is 6. The van der Waals surface area contributed by atoms with Gasteiger partial charge in [-0.3, -0.25) is 28.8 Å². The second-order valence-corrected chi connectivity index (χ2v) is 28.5. The number of hydrogen-bond acceptors (Lipinski definition) is 12. The van der Waals surface area contributed by atoms with Crippen molar-refractivity contribution in [2.24, 2.45) is 17.2 Å². The largest absolute Gasteiger partial charge is 0.416 e. The maximum atomic E-state index is 13.9. The number of halogens is 7. The second-order valence-electron chi connectivity index (χ2n) is 27.7. The number of fused-ring (bicyclic) bond motifs is 3. The van der Waals surface area contributed by atoms with Gasteiger partial charge in [0.15, 0.2) is 0 Å². The van der Waals surface area contributed by atoms with E-state index in [0.29, 0.717) is 143 Å². The molecule has 6 amide bonds. The van der Waals surface area contributed by atoms with Gasteiger partial charge in [0, 0.05) is 93.7 Å². The molecule has 570 valence electrons. The van der Waals surface area contributed by atoms with Crippen LogP contribution in [0.3, 0.4) is 0 Å². The zero-order valence-electron chi connectivity index (χ0n) is 60.3. The highest BCUT2D eigenvalue weighted by Crippen LogP contribution is 2.32. The zero-order valence-corrected chi connectivity index (χ0v) is 61.8. The van der Waals surface area contributed by atoms with Crippen molar-refractivity contribution in [3.63, 3.8) is 0 Å². The fraction of sp³-hybridized carbons (Fsp3) is 0.349. The maximum Gasteiger partial charge on any atom is 0.416 e. The summed E-state index contributed by atoms with van der Waals surface area (Å²) in [5.74, 6) is -2.09. The number of carbonyl (C=O) groups excluding carboxylic acids is 6. The van der Waals surface area contributed by atoms with E-state index in [1.165, 1.54) is 17.0 Å². The van der Waals surface area contributed by atoms with Crippen LogP contribution in [0, 0.1) is 18.6 Å². The van der Waals surface area contributed by atoms with E-state index >= 15 is 0 Å². The first-order chi connectivity index (χ1) is 52.0. The van der Waals surface area contributed by atoms with Crippen molar-refractivity contribution in [2.75, 3.05) is 58.9 Å². The van der Waals surface area contributed by atoms with Crippen molar-refractivity contribution in [1.29, 1.82) is 0 Å². The lowest BCUT2D eigenvalue weighted by molar-refractivity contribution is -0.138. The summed E-state index contributed by atoms with van der Waals surface area (Å²) >= 11 is 12.2. The average Bonchev–Trinajstić information content (AvgIpc) is 1.16. The summed E-state index contributed by atoms with van der Waals surface area (Å²) in [5, 5.41) is 26.3. The van der Waals surface area contributed by atoms with Crippen LogP contribution in [-0.2, 0) is 40.2 Å². The van der Waals surface area contributed by atoms with Crippen molar-refractivity contribution >= 4 is 91.0 Å². The third-order valence-corrected chi connectivity index (χ3v) is 20.3. The molecule has 3 heterocycles. The van der Waals surface area contributed by atoms with Crippen LogP contribution in [0.2, 0.25) is 10.0 Å². The summed E-state index contributed by atoms with van der Waals surface area (Å²) in [5.41, 5.74) is 20.3. The zero-order chi connectivity index (χ0) is 76.9. The topological polar surface area (TPSA) is 262 Å². The first kappa shape index (κ1) is 81.1. The molecule has 0 aromatic heterocycles. The van der Waals surface area contributed by atoms with Gasteiger partial charge in [0.25, 0.3) is 17.7 Å². The molecular weight excluding hydrogens is 1430 g/mol. The number of rotatable bonds is 24. The fourth-order valence-electron chi connectivity index (χ4n) is 13.8. The number of nitrogens with one attached hydrogen (secondary N) is 6. The molecule has 12 N–H and O–H groups in total. The van der Waals surface area contributed by atoms with Gasteiger partial charge in [-0.05, 0) is 218 Å². The summed E-state index contributed by atoms with van der Waals surface area (Å²) in [6.45, 7) is 6.30. The summed E-state index contributed by atoms with van der Waals surface area (Å²) < 4.78 is 67.3. The fourth-order valence-corrected chi connectivity index (χ4v) is 14.2. The van der Waals surface area contributed by atoms with E-state index in [1.807, 2.05) is 145 Å². The monoisotopic (exact) mass is 1520 g/mol. The number of amides is 6. The third kappa shape index (κ3) is 23.1. The molecule has 0 aliphatic carbocycles. The standard InChI is InChI=1S/C28H30F4N4O2.C28H33FN4O2.C27H30Cl2N4O2/c29-23-13-18(12-22(15-23)28(30,31)32)17-36-11-9-24(35-25(27(36)38)6-3-10-33)16-34-26(37)21-8-7-19-4-1-2-5-20(19)14-21;1-19-13-20(15-24(29)14-19)18-33-12-10-25(32-26(28(33)35)7-4-11-30)17-31-27(34)23-9-8-21-5-2-3-6-22(21)16-23;28-23-10-7-18(14-24(23)29)17-33-13-11-22(32-25(27(33)35)6-3-12-30)16-31-26(34)21-9-8-19-4-1-2-5-20(19)15-21/h1-2,4-5,7-8,12-15,24-25,35H,3,6,9-11,16-17,33H2,(H,34,37);2-3,5-6,8-9,13-16,25-26,32H,4,7,10-12,17-18,30H2,1H3,(H,31,34);1-2,4-5,7-10,14-15,22,25,32H,3,6,11-13,16-17,30H2,(H,31,34)/t24-,25-;25-,26-;22-,25-/m000/s1. The van der Waals surface area contributed by atoms with Gasteiger partial charge >= 0.3 is 6.18 Å². The Morgan fingerprint density at radius 1 is 0.435 bits per heavy atom. The van der Waals surface area contributed by atoms with Gasteiger partial charge < -0.3 is 63.8 Å². The molecule has 0 unspecified atom stereocenters. The highest BCUT2D eigenvalue weighted by atomic mass is 35.5. The predicted octanol–water partition coefficient (Wildman–Crippen LogP) is 12.1. The first-order valence-electron chi connectivity index (χ1n) is 36.6. The summed E-state index contributed by atoms with van der Waals surface area (Å²) in [4.78, 5) is 83.5. The molecule has 3 fully saturated rings. The molecule has 108 heavy (non-hydrogen) atoms. The molecular formula is C83H93Cl2F5N12O6. The number of hydrogen-bond donors (Lipinski definition) is 9. The predicted molar refractivity (Wildman–Crippen MR) is 415 cm³/mol. The first-order valence-corrected chi connectivity index (χ1v) is 37.4. The van der Waals surface area contributed by atoms with Crippen LogP contribution < -0.4 is 49.1 Å². The number of nitrogens with two attached hydrogens (primary N) is 3. The maximum absolute atomic E-state index is 13.9. The molecule has 25 heteroatoms. The summed E-state index contributed by atoms with van der Waals surface area (Å²) in [7, 11) is 0. The minimum absolute atomic E-state index is 0.0104. The SMILES string of the molecule is Cc1cc(F)cc(CN2CC[C@@H](CNC(=O)c3ccc4ccccc4c3)N[C@@H](CCCN)C2=O)c1.NCCC[C@@H]1N[C@H](CNC(=O)c2ccc3ccccc3c2)CCN(Cc2cc(F)cc(C(F)(F)F)c2)C1=O.NCCC[C@@H]1N[C@H](CNC(=O)c2ccc3ccccc3c2)CCN(Cc2ccc(Cl)c(Cl)c2)C1=O. The Morgan fingerprint density at radius 2 is 0.787 bits per heavy atom. The van der Waals surface area contributed by atoms with Crippen LogP contribution in [0.15, 0.2) is 182 Å². The number of benzene rings is 9. The minimum atomic E-state index is -4.70. The van der Waals surface area contributed by atoms with E-state index in [1.54, 1.807) is 23.1 Å². The average molecular weight is 1520 g/mol. The Bertz CT molecular complexity index is 4590. The smallest absolute Gasteiger partial charge is 0.350 e. The minimum Gasteiger partial charge on any atom is -0.350 e. The van der Waals surface area contributed by atoms with Crippen molar-refractivity contribution in [3.05, 3.63) is 248 Å². The van der Waals surface area contributed by atoms with Crippen LogP contribution in [0.4, 0.5) is 22.0 Å². The third-order valence-electron chi connectivity index (χ3n) is 19.5. The normalized spacial score (nSPS) is 18.5. The van der Waals surface area contributed by atoms with Crippen molar-refractivity contribution in [1.82, 2.24) is 46.6 Å². The lowest BCUT2D eigenvalue weighted by Crippen LogP contribution is -2.48. The van der Waals surface area contributed by atoms with Gasteiger partial charge in [0.05, 0.1) is 33.7 Å². The van der Waals surface area contributed by atoms with Gasteiger partial charge in [0.1, 0.15) is 11.6 Å². The van der Waals surface area contributed by atoms with E-state index in [2.05, 4.69) is 31.9 Å². The van der Waals surface area contributed by atoms with Crippen LogP contribution in [0.1, 0.15) is 117 Å². The summed E-state index contributed by atoms with van der Waals surface area (Å²) in [6, 6.07) is 51.3. The molecule has 3 aliphatic rings. The Balaban J connectivity index is 0.000000173. The van der Waals surface area contributed by atoms with E-state index in [9.17, 15) is 50.7 Å². The molecule has 9 aromatic carbocycles. The van der Waals surface area contributed by atoms with Gasteiger partial charge in [-0.15, -0.1) is 0 Å². The molecule has 3 saturated heterocycles. The highest BCUT2D eigenvalue weighted by Gasteiger charge is 2.36. The van der Waals surface area contributed by atoms with Gasteiger partial charge in [0.2, 0.25) is 17.7 Å². The van der Waals surface area contributed by atoms with Crippen molar-refractivity contribution in [3.8, 4) is 0 Å². The Hall–Kier alpha value is -9.43. The quantitative estimate of drug-likeness (QED) is 0.0256. The van der Waals surface area contributed by atoms with E-state index in [4.69, 9.17) is 40.4 Å². The molecule has 9 aromatic rings. The van der Waals surface area contributed by atoms with Crippen molar-refractivity contribution in [2.45, 2.75) is 127 Å². The summed E-state index contributed by atoms with van der Waals surface area (Å²) in [6.07, 6.45) is 0.840. The molecule has 0 bridgehead atoms. The second kappa shape index (κ2) is 39.1.